The van der Waals surface area contributed by atoms with Gasteiger partial charge in [-0.3, -0.25) is 37.3 Å². The molecule has 0 fully saturated rings. The summed E-state index contributed by atoms with van der Waals surface area (Å²) in [7, 11) is -9.90. The maximum atomic E-state index is 13.0. The molecule has 0 saturated heterocycles. The summed E-state index contributed by atoms with van der Waals surface area (Å²) in [5.41, 5.74) is 0. The van der Waals surface area contributed by atoms with Crippen LogP contribution in [0.2, 0.25) is 0 Å². The summed E-state index contributed by atoms with van der Waals surface area (Å²) in [5.74, 6) is 0.774. The summed E-state index contributed by atoms with van der Waals surface area (Å²) in [6.45, 7) is 14.0. The van der Waals surface area contributed by atoms with Gasteiger partial charge in [0.05, 0.1) is 26.4 Å². The molecule has 0 aromatic heterocycles. The normalized spacial score (nSPS) is 14.7. The van der Waals surface area contributed by atoms with Crippen LogP contribution in [0.15, 0.2) is 0 Å². The minimum atomic E-state index is -4.95. The summed E-state index contributed by atoms with van der Waals surface area (Å²) in [6.07, 6.45) is 37.8. The van der Waals surface area contributed by atoms with Crippen molar-refractivity contribution in [2.75, 3.05) is 39.6 Å². The molecule has 3 N–H and O–H groups in total. The summed E-state index contributed by atoms with van der Waals surface area (Å²) in [4.78, 5) is 72.3. The van der Waals surface area contributed by atoms with Gasteiger partial charge in [0.15, 0.2) is 12.2 Å². The van der Waals surface area contributed by atoms with Crippen LogP contribution in [0.4, 0.5) is 0 Å². The van der Waals surface area contributed by atoms with Crippen molar-refractivity contribution in [3.05, 3.63) is 0 Å². The Bertz CT molecular complexity index is 1720. The van der Waals surface area contributed by atoms with Gasteiger partial charge >= 0.3 is 39.5 Å². The molecular weight excluding hydrogens is 1140 g/mol. The van der Waals surface area contributed by atoms with E-state index in [4.69, 9.17) is 37.0 Å². The van der Waals surface area contributed by atoms with Gasteiger partial charge in [0, 0.05) is 25.7 Å². The van der Waals surface area contributed by atoms with E-state index < -0.39 is 97.5 Å². The zero-order valence-corrected chi connectivity index (χ0v) is 57.7. The summed E-state index contributed by atoms with van der Waals surface area (Å²) >= 11 is 0. The van der Waals surface area contributed by atoms with Crippen LogP contribution in [0.3, 0.4) is 0 Å². The molecule has 0 aromatic rings. The fourth-order valence-corrected chi connectivity index (χ4v) is 11.5. The molecule has 17 nitrogen and oxygen atoms in total. The van der Waals surface area contributed by atoms with E-state index in [9.17, 15) is 43.2 Å². The van der Waals surface area contributed by atoms with Gasteiger partial charge in [-0.15, -0.1) is 0 Å². The molecule has 6 atom stereocenters. The molecule has 0 aliphatic carbocycles. The first-order chi connectivity index (χ1) is 41.1. The first kappa shape index (κ1) is 84.1. The fourth-order valence-electron chi connectivity index (χ4n) is 9.93. The Labute approximate surface area is 524 Å². The van der Waals surface area contributed by atoms with Crippen LogP contribution in [-0.4, -0.2) is 96.7 Å². The Kier molecular flexibility index (Phi) is 55.7. The Morgan fingerprint density at radius 1 is 0.326 bits per heavy atom. The van der Waals surface area contributed by atoms with Crippen LogP contribution in [0.1, 0.15) is 325 Å². The molecular formula is C67H130O17P2. The van der Waals surface area contributed by atoms with Crippen molar-refractivity contribution < 1.29 is 80.2 Å². The lowest BCUT2D eigenvalue weighted by Crippen LogP contribution is -2.30. The van der Waals surface area contributed by atoms with Crippen molar-refractivity contribution in [2.24, 2.45) is 23.7 Å². The van der Waals surface area contributed by atoms with Crippen molar-refractivity contribution in [3.8, 4) is 0 Å². The SMILES string of the molecule is CCC(C)CCCCCCCCC(=O)O[C@H](COC(=O)CCCCCCCCC(C)C)COP(=O)(O)OC[C@H](O)COP(=O)(O)OC[C@@H](COC(=O)CCCCCCCCCCC(C)C)OC(=O)CCCCCCCCCCCCCCCC(C)C. The molecule has 510 valence electrons. The maximum Gasteiger partial charge on any atom is 0.472 e. The van der Waals surface area contributed by atoms with E-state index in [1.807, 2.05) is 0 Å². The maximum absolute atomic E-state index is 13.0. The van der Waals surface area contributed by atoms with Crippen LogP contribution in [0.25, 0.3) is 0 Å². The van der Waals surface area contributed by atoms with E-state index in [1.54, 1.807) is 0 Å². The number of carbonyl (C=O) groups excluding carboxylic acids is 4. The van der Waals surface area contributed by atoms with Gasteiger partial charge in [0.1, 0.15) is 19.3 Å². The van der Waals surface area contributed by atoms with Gasteiger partial charge in [-0.05, 0) is 49.4 Å². The number of unbranched alkanes of at least 4 members (excludes halogenated alkanes) is 29. The van der Waals surface area contributed by atoms with Crippen LogP contribution >= 0.6 is 15.6 Å². The van der Waals surface area contributed by atoms with Gasteiger partial charge in [0.25, 0.3) is 0 Å². The van der Waals surface area contributed by atoms with Crippen LogP contribution < -0.4 is 0 Å². The molecule has 3 unspecified atom stereocenters. The summed E-state index contributed by atoms with van der Waals surface area (Å²) in [5, 5.41) is 10.6. The lowest BCUT2D eigenvalue weighted by molar-refractivity contribution is -0.161. The third-order valence-corrected chi connectivity index (χ3v) is 17.6. The van der Waals surface area contributed by atoms with Gasteiger partial charge < -0.3 is 33.8 Å². The molecule has 0 rings (SSSR count). The Morgan fingerprint density at radius 2 is 0.558 bits per heavy atom. The highest BCUT2D eigenvalue weighted by molar-refractivity contribution is 7.47. The zero-order chi connectivity index (χ0) is 63.9. The van der Waals surface area contributed by atoms with Crippen molar-refractivity contribution in [2.45, 2.75) is 343 Å². The lowest BCUT2D eigenvalue weighted by atomic mass is 10.00. The quantitative estimate of drug-likeness (QED) is 0.0222. The molecule has 86 heavy (non-hydrogen) atoms. The number of aliphatic hydroxyl groups is 1. The number of carbonyl (C=O) groups is 4. The summed E-state index contributed by atoms with van der Waals surface area (Å²) in [6, 6.07) is 0. The van der Waals surface area contributed by atoms with Crippen LogP contribution in [0, 0.1) is 23.7 Å². The van der Waals surface area contributed by atoms with E-state index in [-0.39, 0.29) is 25.7 Å². The van der Waals surface area contributed by atoms with Gasteiger partial charge in [-0.1, -0.05) is 274 Å². The predicted molar refractivity (Wildman–Crippen MR) is 344 cm³/mol. The second kappa shape index (κ2) is 57.0. The number of ether oxygens (including phenoxy) is 4. The van der Waals surface area contributed by atoms with E-state index in [1.165, 1.54) is 122 Å². The van der Waals surface area contributed by atoms with Crippen LogP contribution in [-0.2, 0) is 65.4 Å². The lowest BCUT2D eigenvalue weighted by Gasteiger charge is -2.21. The number of phosphoric acid groups is 2. The third-order valence-electron chi connectivity index (χ3n) is 15.7. The number of rotatable bonds is 64. The second-order valence-corrected chi connectivity index (χ2v) is 28.8. The molecule has 0 bridgehead atoms. The van der Waals surface area contributed by atoms with Crippen molar-refractivity contribution in [1.82, 2.24) is 0 Å². The van der Waals surface area contributed by atoms with E-state index >= 15 is 0 Å². The summed E-state index contributed by atoms with van der Waals surface area (Å²) < 4.78 is 68.1. The zero-order valence-electron chi connectivity index (χ0n) is 55.9. The molecule has 0 amide bonds. The predicted octanol–water partition coefficient (Wildman–Crippen LogP) is 18.5. The van der Waals surface area contributed by atoms with Gasteiger partial charge in [0.2, 0.25) is 0 Å². The first-order valence-corrected chi connectivity index (χ1v) is 37.7. The molecule has 0 aromatic carbocycles. The fraction of sp³-hybridized carbons (Fsp3) is 0.940. The van der Waals surface area contributed by atoms with Crippen LogP contribution in [0.5, 0.6) is 0 Å². The number of hydrogen-bond donors (Lipinski definition) is 3. The number of esters is 4. The molecule has 0 aliphatic heterocycles. The average molecular weight is 1270 g/mol. The number of phosphoric ester groups is 2. The highest BCUT2D eigenvalue weighted by Gasteiger charge is 2.30. The molecule has 0 radical (unpaired) electrons. The van der Waals surface area contributed by atoms with Crippen molar-refractivity contribution >= 4 is 39.5 Å². The topological polar surface area (TPSA) is 237 Å². The Balaban J connectivity index is 5.24. The highest BCUT2D eigenvalue weighted by Crippen LogP contribution is 2.45. The smallest absolute Gasteiger partial charge is 0.462 e. The minimum Gasteiger partial charge on any atom is -0.462 e. The van der Waals surface area contributed by atoms with E-state index in [2.05, 4.69) is 55.4 Å². The van der Waals surface area contributed by atoms with Crippen molar-refractivity contribution in [3.63, 3.8) is 0 Å². The Morgan fingerprint density at radius 3 is 0.826 bits per heavy atom. The highest BCUT2D eigenvalue weighted by atomic mass is 31.2. The molecule has 0 saturated carbocycles. The largest absolute Gasteiger partial charge is 0.472 e. The molecule has 0 spiro atoms. The number of hydrogen-bond acceptors (Lipinski definition) is 15. The molecule has 19 heteroatoms. The van der Waals surface area contributed by atoms with Crippen molar-refractivity contribution in [1.29, 1.82) is 0 Å². The van der Waals surface area contributed by atoms with E-state index in [0.29, 0.717) is 31.6 Å². The van der Waals surface area contributed by atoms with E-state index in [0.717, 1.165) is 114 Å². The standard InChI is InChI=1S/C67H130O17P2/c1-9-60(8)46-38-30-24-26-34-42-50-67(72)84-63(54-78-65(70)48-40-32-25-23-29-37-45-59(6)7)56-82-86(75,76)80-52-61(68)51-79-85(73,74)81-55-62(53-77-64(69)47-39-31-21-18-17-20-28-36-44-58(4)5)83-66(71)49-41-33-22-16-14-12-10-11-13-15-19-27-35-43-57(2)3/h57-63,68H,9-56H2,1-8H3,(H,73,74)(H,75,76)/t60?,61-,62-,63-/m1/s1. The Hall–Kier alpha value is -1.94. The average Bonchev–Trinajstić information content (AvgIpc) is 3.49. The van der Waals surface area contributed by atoms with Gasteiger partial charge in [-0.25, -0.2) is 9.13 Å². The molecule has 0 aliphatic rings. The third kappa shape index (κ3) is 59.7. The monoisotopic (exact) mass is 1270 g/mol. The second-order valence-electron chi connectivity index (χ2n) is 25.9. The first-order valence-electron chi connectivity index (χ1n) is 34.7. The minimum absolute atomic E-state index is 0.101. The van der Waals surface area contributed by atoms with Gasteiger partial charge in [-0.2, -0.15) is 0 Å². The number of aliphatic hydroxyl groups excluding tert-OH is 1. The molecule has 0 heterocycles.